The molecule has 3 aromatic rings. The van der Waals surface area contributed by atoms with Gasteiger partial charge in [0, 0.05) is 41.4 Å². The minimum absolute atomic E-state index is 0.0652. The number of rotatable bonds is 5. The summed E-state index contributed by atoms with van der Waals surface area (Å²) in [6.45, 7) is 1.32. The van der Waals surface area contributed by atoms with Gasteiger partial charge < -0.3 is 0 Å². The highest BCUT2D eigenvalue weighted by Crippen LogP contribution is 2.39. The third-order valence-electron chi connectivity index (χ3n) is 6.28. The molecule has 3 nitrogen and oxygen atoms in total. The second-order valence-electron chi connectivity index (χ2n) is 8.56. The molecular weight excluding hydrogens is 407 g/mol. The lowest BCUT2D eigenvalue weighted by atomic mass is 9.93. The predicted molar refractivity (Wildman–Crippen MR) is 126 cm³/mol. The number of halogens is 1. The zero-order valence-electron chi connectivity index (χ0n) is 17.2. The Bertz CT molecular complexity index is 1160. The molecule has 158 valence electrons. The maximum absolute atomic E-state index is 14.7. The normalized spacial score (nSPS) is 22.0. The van der Waals surface area contributed by atoms with Crippen LogP contribution in [0, 0.1) is 11.7 Å². The van der Waals surface area contributed by atoms with E-state index in [1.807, 2.05) is 30.5 Å². The third kappa shape index (κ3) is 4.30. The van der Waals surface area contributed by atoms with Gasteiger partial charge in [-0.25, -0.2) is 4.39 Å². The number of Topliss-reactive ketones (excluding diaryl/α,β-unsaturated/α-hetero) is 1. The minimum atomic E-state index is -0.535. The molecule has 0 N–H and O–H groups in total. The first-order valence-electron chi connectivity index (χ1n) is 10.9. The number of aromatic nitrogens is 1. The van der Waals surface area contributed by atoms with Crippen LogP contribution in [0.3, 0.4) is 0 Å². The maximum Gasteiger partial charge on any atom is 0.157 e. The molecular formula is C26H25FN2OS. The number of carbonyl (C=O) groups excluding carboxylic acids is 1. The third-order valence-corrected chi connectivity index (χ3v) is 6.87. The largest absolute Gasteiger partial charge is 0.297 e. The van der Waals surface area contributed by atoms with Crippen LogP contribution in [0.4, 0.5) is 4.39 Å². The van der Waals surface area contributed by atoms with Crippen molar-refractivity contribution >= 4 is 35.4 Å². The smallest absolute Gasteiger partial charge is 0.157 e. The number of ketones is 1. The van der Waals surface area contributed by atoms with Gasteiger partial charge in [0.2, 0.25) is 0 Å². The summed E-state index contributed by atoms with van der Waals surface area (Å²) in [5.41, 5.74) is 3.61. The van der Waals surface area contributed by atoms with Gasteiger partial charge in [-0.1, -0.05) is 42.5 Å². The standard InChI is InChI=1S/C26H25FN2OS/c27-22-7-3-2-6-21(22)25(26(30)18-9-10-18)29-12-11-24(31)20(16-29)14-17-13-19-5-1-4-8-23(19)28-15-17/h1-8,13-15,18,24-25,31H,9-12,16H2. The molecule has 1 saturated heterocycles. The van der Waals surface area contributed by atoms with E-state index in [9.17, 15) is 9.18 Å². The van der Waals surface area contributed by atoms with Crippen LogP contribution in [0.15, 0.2) is 66.4 Å². The van der Waals surface area contributed by atoms with Gasteiger partial charge >= 0.3 is 0 Å². The number of piperidine rings is 1. The Morgan fingerprint density at radius 1 is 1.13 bits per heavy atom. The number of hydrogen-bond donors (Lipinski definition) is 1. The molecule has 2 unspecified atom stereocenters. The molecule has 2 heterocycles. The highest BCUT2D eigenvalue weighted by Gasteiger charge is 2.40. The SMILES string of the molecule is O=C(C1CC1)C(c1ccccc1F)N1CCC(S)C(=Cc2cnc3ccccc3c2)C1. The molecule has 2 aromatic carbocycles. The van der Waals surface area contributed by atoms with Crippen LogP contribution in [-0.4, -0.2) is 34.0 Å². The summed E-state index contributed by atoms with van der Waals surface area (Å²) < 4.78 is 14.7. The zero-order chi connectivity index (χ0) is 21.4. The van der Waals surface area contributed by atoms with Crippen molar-refractivity contribution in [2.45, 2.75) is 30.6 Å². The summed E-state index contributed by atoms with van der Waals surface area (Å²) in [6, 6.07) is 16.3. The quantitative estimate of drug-likeness (QED) is 0.542. The highest BCUT2D eigenvalue weighted by atomic mass is 32.1. The summed E-state index contributed by atoms with van der Waals surface area (Å²) in [5, 5.41) is 1.20. The molecule has 5 rings (SSSR count). The van der Waals surface area contributed by atoms with Crippen molar-refractivity contribution < 1.29 is 9.18 Å². The Hall–Kier alpha value is -2.50. The van der Waals surface area contributed by atoms with Crippen molar-refractivity contribution in [1.29, 1.82) is 0 Å². The van der Waals surface area contributed by atoms with Crippen molar-refractivity contribution in [1.82, 2.24) is 9.88 Å². The Kier molecular flexibility index (Phi) is 5.63. The van der Waals surface area contributed by atoms with Gasteiger partial charge in [0.25, 0.3) is 0 Å². The van der Waals surface area contributed by atoms with Crippen LogP contribution in [0.1, 0.15) is 36.4 Å². The molecule has 2 atom stereocenters. The summed E-state index contributed by atoms with van der Waals surface area (Å²) in [5.74, 6) is -0.0939. The Morgan fingerprint density at radius 2 is 1.90 bits per heavy atom. The molecule has 1 saturated carbocycles. The summed E-state index contributed by atoms with van der Waals surface area (Å²) in [4.78, 5) is 19.9. The predicted octanol–water partition coefficient (Wildman–Crippen LogP) is 5.48. The number of hydrogen-bond acceptors (Lipinski definition) is 4. The van der Waals surface area contributed by atoms with Gasteiger partial charge in [0.05, 0.1) is 11.6 Å². The van der Waals surface area contributed by atoms with Gasteiger partial charge in [-0.3, -0.25) is 14.7 Å². The fourth-order valence-electron chi connectivity index (χ4n) is 4.45. The van der Waals surface area contributed by atoms with E-state index < -0.39 is 6.04 Å². The molecule has 2 fully saturated rings. The topological polar surface area (TPSA) is 33.2 Å². The van der Waals surface area contributed by atoms with Gasteiger partial charge in [0.1, 0.15) is 5.82 Å². The molecule has 0 bridgehead atoms. The maximum atomic E-state index is 14.7. The molecule has 1 aliphatic heterocycles. The van der Waals surface area contributed by atoms with E-state index in [1.165, 1.54) is 6.07 Å². The van der Waals surface area contributed by atoms with E-state index in [4.69, 9.17) is 12.6 Å². The van der Waals surface area contributed by atoms with Crippen molar-refractivity contribution in [2.75, 3.05) is 13.1 Å². The molecule has 5 heteroatoms. The number of benzene rings is 2. The zero-order valence-corrected chi connectivity index (χ0v) is 18.1. The number of carbonyl (C=O) groups is 1. The molecule has 31 heavy (non-hydrogen) atoms. The molecule has 2 aliphatic rings. The van der Waals surface area contributed by atoms with E-state index in [0.29, 0.717) is 12.1 Å². The first-order chi connectivity index (χ1) is 15.1. The van der Waals surface area contributed by atoms with Gasteiger partial charge in [0.15, 0.2) is 5.78 Å². The number of para-hydroxylation sites is 1. The summed E-state index contributed by atoms with van der Waals surface area (Å²) in [7, 11) is 0. The number of fused-ring (bicyclic) bond motifs is 1. The van der Waals surface area contributed by atoms with Gasteiger partial charge in [-0.05, 0) is 48.6 Å². The van der Waals surface area contributed by atoms with Crippen LogP contribution in [0.5, 0.6) is 0 Å². The summed E-state index contributed by atoms with van der Waals surface area (Å²) in [6.07, 6.45) is 6.65. The van der Waals surface area contributed by atoms with E-state index in [-0.39, 0.29) is 22.8 Å². The number of thiol groups is 1. The molecule has 1 aromatic heterocycles. The van der Waals surface area contributed by atoms with Crippen LogP contribution in [0.2, 0.25) is 0 Å². The molecule has 0 spiro atoms. The van der Waals surface area contributed by atoms with Crippen molar-refractivity contribution in [3.8, 4) is 0 Å². The Morgan fingerprint density at radius 3 is 2.71 bits per heavy atom. The number of pyridine rings is 1. The minimum Gasteiger partial charge on any atom is -0.297 e. The lowest BCUT2D eigenvalue weighted by Crippen LogP contribution is -2.42. The van der Waals surface area contributed by atoms with Crippen molar-refractivity contribution in [3.05, 3.63) is 83.3 Å². The number of likely N-dealkylation sites (tertiary alicyclic amines) is 1. The average molecular weight is 433 g/mol. The van der Waals surface area contributed by atoms with Gasteiger partial charge in [-0.15, -0.1) is 0 Å². The monoisotopic (exact) mass is 432 g/mol. The lowest BCUT2D eigenvalue weighted by molar-refractivity contribution is -0.126. The van der Waals surface area contributed by atoms with Crippen molar-refractivity contribution in [3.63, 3.8) is 0 Å². The van der Waals surface area contributed by atoms with Crippen LogP contribution in [-0.2, 0) is 4.79 Å². The first-order valence-corrected chi connectivity index (χ1v) is 11.4. The molecule has 0 radical (unpaired) electrons. The number of nitrogens with zero attached hydrogens (tertiary/aromatic N) is 2. The Labute approximate surface area is 187 Å². The second kappa shape index (κ2) is 8.56. The summed E-state index contributed by atoms with van der Waals surface area (Å²) >= 11 is 4.81. The lowest BCUT2D eigenvalue weighted by Gasteiger charge is -2.37. The second-order valence-corrected chi connectivity index (χ2v) is 9.18. The fraction of sp³-hybridized carbons (Fsp3) is 0.308. The van der Waals surface area contributed by atoms with E-state index in [2.05, 4.69) is 28.1 Å². The first kappa shape index (κ1) is 20.4. The van der Waals surface area contributed by atoms with Gasteiger partial charge in [-0.2, -0.15) is 12.6 Å². The van der Waals surface area contributed by atoms with E-state index in [0.717, 1.165) is 47.8 Å². The fourth-order valence-corrected chi connectivity index (χ4v) is 4.73. The molecule has 0 amide bonds. The molecule has 1 aliphatic carbocycles. The highest BCUT2D eigenvalue weighted by molar-refractivity contribution is 7.81. The van der Waals surface area contributed by atoms with Crippen LogP contribution < -0.4 is 0 Å². The van der Waals surface area contributed by atoms with E-state index in [1.54, 1.807) is 12.1 Å². The average Bonchev–Trinajstić information content (AvgIpc) is 3.63. The Balaban J connectivity index is 1.47. The van der Waals surface area contributed by atoms with Crippen LogP contribution in [0.25, 0.3) is 17.0 Å². The van der Waals surface area contributed by atoms with E-state index >= 15 is 0 Å². The van der Waals surface area contributed by atoms with Crippen LogP contribution >= 0.6 is 12.6 Å². The van der Waals surface area contributed by atoms with Crippen molar-refractivity contribution in [2.24, 2.45) is 5.92 Å².